The molecule has 0 spiro atoms. The highest BCUT2D eigenvalue weighted by atomic mass is 16.5. The largest absolute Gasteiger partial charge is 0.339 e. The first-order valence-electron chi connectivity index (χ1n) is 9.00. The fraction of sp³-hybridized carbons (Fsp3) is 0.400. The van der Waals surface area contributed by atoms with Gasteiger partial charge in [0.1, 0.15) is 0 Å². The first-order valence-corrected chi connectivity index (χ1v) is 9.00. The van der Waals surface area contributed by atoms with E-state index in [-0.39, 0.29) is 18.0 Å². The molecule has 3 heterocycles. The van der Waals surface area contributed by atoms with Gasteiger partial charge in [-0.1, -0.05) is 23.4 Å². The summed E-state index contributed by atoms with van der Waals surface area (Å²) in [7, 11) is 0. The van der Waals surface area contributed by atoms with Crippen LogP contribution in [0.3, 0.4) is 0 Å². The maximum absolute atomic E-state index is 12.7. The van der Waals surface area contributed by atoms with Crippen LogP contribution in [0.2, 0.25) is 0 Å². The van der Waals surface area contributed by atoms with Gasteiger partial charge in [-0.25, -0.2) is 0 Å². The molecule has 2 aromatic rings. The van der Waals surface area contributed by atoms with Crippen LogP contribution in [0.4, 0.5) is 0 Å². The third kappa shape index (κ3) is 4.25. The third-order valence-electron chi connectivity index (χ3n) is 4.57. The van der Waals surface area contributed by atoms with Crippen LogP contribution < -0.4 is 0 Å². The zero-order valence-electron chi connectivity index (χ0n) is 15.0. The van der Waals surface area contributed by atoms with Crippen LogP contribution in [-0.2, 0) is 11.2 Å². The Morgan fingerprint density at radius 1 is 1.42 bits per heavy atom. The van der Waals surface area contributed by atoms with Crippen molar-refractivity contribution in [3.05, 3.63) is 55.2 Å². The summed E-state index contributed by atoms with van der Waals surface area (Å²) in [6.45, 7) is 5.87. The van der Waals surface area contributed by atoms with Crippen molar-refractivity contribution in [2.45, 2.75) is 51.1 Å². The molecule has 0 N–H and O–H groups in total. The second kappa shape index (κ2) is 8.56. The third-order valence-corrected chi connectivity index (χ3v) is 4.57. The molecule has 0 saturated heterocycles. The van der Waals surface area contributed by atoms with Gasteiger partial charge in [0.05, 0.1) is 0 Å². The van der Waals surface area contributed by atoms with Crippen molar-refractivity contribution in [2.75, 3.05) is 0 Å². The minimum absolute atomic E-state index is 0.128. The zero-order valence-corrected chi connectivity index (χ0v) is 15.0. The number of hydrogen-bond donors (Lipinski definition) is 0. The maximum Gasteiger partial charge on any atom is 0.226 e. The lowest BCUT2D eigenvalue weighted by Crippen LogP contribution is -2.46. The van der Waals surface area contributed by atoms with Crippen molar-refractivity contribution in [3.63, 3.8) is 0 Å². The quantitative estimate of drug-likeness (QED) is 0.712. The number of aromatic nitrogens is 3. The summed E-state index contributed by atoms with van der Waals surface area (Å²) in [4.78, 5) is 23.1. The molecule has 0 aliphatic carbocycles. The number of carbonyl (C=O) groups is 1. The molecule has 0 saturated carbocycles. The highest BCUT2D eigenvalue weighted by molar-refractivity contribution is 5.77. The van der Waals surface area contributed by atoms with E-state index in [9.17, 15) is 4.79 Å². The van der Waals surface area contributed by atoms with E-state index in [2.05, 4.69) is 40.8 Å². The number of hydrogen-bond acceptors (Lipinski definition) is 5. The second-order valence-corrected chi connectivity index (χ2v) is 6.48. The number of nitrogens with zero attached hydrogens (tertiary/aromatic N) is 4. The van der Waals surface area contributed by atoms with Gasteiger partial charge in [-0.3, -0.25) is 9.78 Å². The Bertz CT molecular complexity index is 769. The van der Waals surface area contributed by atoms with Crippen LogP contribution in [0.5, 0.6) is 0 Å². The first kappa shape index (κ1) is 18.0. The van der Waals surface area contributed by atoms with E-state index in [1.54, 1.807) is 12.4 Å². The van der Waals surface area contributed by atoms with E-state index < -0.39 is 0 Å². The predicted molar refractivity (Wildman–Crippen MR) is 99.1 cm³/mol. The van der Waals surface area contributed by atoms with Crippen molar-refractivity contribution >= 4 is 5.91 Å². The SMILES string of the molecule is C=CCC1CC=CC(C)N1C(=O)CCCc1nc(-c2ccncc2)no1. The number of carbonyl (C=O) groups excluding carboxylic acids is 1. The molecule has 3 rings (SSSR count). The van der Waals surface area contributed by atoms with Crippen LogP contribution >= 0.6 is 0 Å². The molecule has 1 aliphatic rings. The highest BCUT2D eigenvalue weighted by Crippen LogP contribution is 2.22. The van der Waals surface area contributed by atoms with Crippen LogP contribution in [0.15, 0.2) is 53.9 Å². The van der Waals surface area contributed by atoms with Gasteiger partial charge in [-0.05, 0) is 38.3 Å². The van der Waals surface area contributed by atoms with Gasteiger partial charge in [-0.2, -0.15) is 4.98 Å². The first-order chi connectivity index (χ1) is 12.7. The molecule has 6 heteroatoms. The number of pyridine rings is 1. The molecule has 1 amide bonds. The molecular weight excluding hydrogens is 328 g/mol. The Hall–Kier alpha value is -2.76. The molecule has 2 aromatic heterocycles. The Kier molecular flexibility index (Phi) is 5.94. The van der Waals surface area contributed by atoms with Crippen molar-refractivity contribution < 1.29 is 9.32 Å². The normalized spacial score (nSPS) is 19.5. The number of amides is 1. The van der Waals surface area contributed by atoms with E-state index >= 15 is 0 Å². The van der Waals surface area contributed by atoms with Gasteiger partial charge in [0.25, 0.3) is 0 Å². The Morgan fingerprint density at radius 2 is 2.23 bits per heavy atom. The minimum Gasteiger partial charge on any atom is -0.339 e. The van der Waals surface area contributed by atoms with Crippen LogP contribution in [-0.4, -0.2) is 38.0 Å². The molecule has 0 bridgehead atoms. The van der Waals surface area contributed by atoms with Crippen molar-refractivity contribution in [3.8, 4) is 11.4 Å². The monoisotopic (exact) mass is 352 g/mol. The van der Waals surface area contributed by atoms with E-state index in [0.29, 0.717) is 31.0 Å². The Balaban J connectivity index is 1.54. The van der Waals surface area contributed by atoms with E-state index in [1.807, 2.05) is 23.1 Å². The lowest BCUT2D eigenvalue weighted by atomic mass is 9.99. The van der Waals surface area contributed by atoms with Gasteiger partial charge in [0.2, 0.25) is 17.6 Å². The molecule has 0 radical (unpaired) electrons. The maximum atomic E-state index is 12.7. The molecule has 0 aromatic carbocycles. The lowest BCUT2D eigenvalue weighted by Gasteiger charge is -2.37. The average molecular weight is 352 g/mol. The molecule has 1 aliphatic heterocycles. The van der Waals surface area contributed by atoms with Crippen LogP contribution in [0.1, 0.15) is 38.5 Å². The Labute approximate surface area is 153 Å². The number of rotatable bonds is 7. The Morgan fingerprint density at radius 3 is 3.00 bits per heavy atom. The fourth-order valence-electron chi connectivity index (χ4n) is 3.30. The average Bonchev–Trinajstić information content (AvgIpc) is 3.12. The lowest BCUT2D eigenvalue weighted by molar-refractivity contribution is -0.135. The molecule has 0 fully saturated rings. The molecule has 2 atom stereocenters. The number of aryl methyl sites for hydroxylation is 1. The van der Waals surface area contributed by atoms with Crippen molar-refractivity contribution in [1.82, 2.24) is 20.0 Å². The standard InChI is InChI=1S/C20H24N4O2/c1-3-6-17-8-4-7-15(2)24(17)19(25)10-5-9-18-22-20(23-26-18)16-11-13-21-14-12-16/h3-4,7,11-15,17H,1,5-6,8-10H2,2H3. The smallest absolute Gasteiger partial charge is 0.226 e. The molecule has 136 valence electrons. The van der Waals surface area contributed by atoms with Gasteiger partial charge in [0, 0.05) is 42.9 Å². The van der Waals surface area contributed by atoms with Gasteiger partial charge in [-0.15, -0.1) is 6.58 Å². The van der Waals surface area contributed by atoms with E-state index in [4.69, 9.17) is 4.52 Å². The summed E-state index contributed by atoms with van der Waals surface area (Å²) in [6, 6.07) is 4.01. The summed E-state index contributed by atoms with van der Waals surface area (Å²) in [5, 5.41) is 3.99. The summed E-state index contributed by atoms with van der Waals surface area (Å²) < 4.78 is 5.30. The van der Waals surface area contributed by atoms with Crippen molar-refractivity contribution in [1.29, 1.82) is 0 Å². The highest BCUT2D eigenvalue weighted by Gasteiger charge is 2.27. The van der Waals surface area contributed by atoms with Gasteiger partial charge < -0.3 is 9.42 Å². The second-order valence-electron chi connectivity index (χ2n) is 6.48. The van der Waals surface area contributed by atoms with Gasteiger partial charge >= 0.3 is 0 Å². The summed E-state index contributed by atoms with van der Waals surface area (Å²) in [6.07, 6.45) is 13.0. The van der Waals surface area contributed by atoms with Gasteiger partial charge in [0.15, 0.2) is 0 Å². The summed E-state index contributed by atoms with van der Waals surface area (Å²) >= 11 is 0. The molecule has 2 unspecified atom stereocenters. The topological polar surface area (TPSA) is 72.1 Å². The van der Waals surface area contributed by atoms with Crippen molar-refractivity contribution in [2.24, 2.45) is 0 Å². The minimum atomic E-state index is 0.128. The molecule has 26 heavy (non-hydrogen) atoms. The predicted octanol–water partition coefficient (Wildman–Crippen LogP) is 3.58. The fourth-order valence-corrected chi connectivity index (χ4v) is 3.30. The van der Waals surface area contributed by atoms with Crippen LogP contribution in [0, 0.1) is 0 Å². The molecular formula is C20H24N4O2. The zero-order chi connectivity index (χ0) is 18.4. The van der Waals surface area contributed by atoms with Crippen LogP contribution in [0.25, 0.3) is 11.4 Å². The van der Waals surface area contributed by atoms with E-state index in [1.165, 1.54) is 0 Å². The van der Waals surface area contributed by atoms with E-state index in [0.717, 1.165) is 18.4 Å². The molecule has 6 nitrogen and oxygen atoms in total. The summed E-state index contributed by atoms with van der Waals surface area (Å²) in [5.74, 6) is 1.27. The summed E-state index contributed by atoms with van der Waals surface area (Å²) in [5.41, 5.74) is 0.868.